The number of ether oxygens (including phenoxy) is 1. The zero-order valence-corrected chi connectivity index (χ0v) is 10.3. The number of hydrogen-bond donors (Lipinski definition) is 3. The summed E-state index contributed by atoms with van der Waals surface area (Å²) < 4.78 is 5.31. The zero-order chi connectivity index (χ0) is 12.7. The Labute approximate surface area is 106 Å². The first-order chi connectivity index (χ1) is 8.61. The average molecular weight is 247 g/mol. The molecule has 0 saturated heterocycles. The minimum absolute atomic E-state index is 0.0549. The van der Waals surface area contributed by atoms with E-state index in [0.717, 1.165) is 11.6 Å². The Kier molecular flexibility index (Phi) is 2.54. The van der Waals surface area contributed by atoms with Crippen molar-refractivity contribution in [3.8, 4) is 5.75 Å². The van der Waals surface area contributed by atoms with E-state index in [9.17, 15) is 4.79 Å². The summed E-state index contributed by atoms with van der Waals surface area (Å²) in [6, 6.07) is 4.10. The average Bonchev–Trinajstić information content (AvgIpc) is 2.28. The fraction of sp³-hybridized carbons (Fsp3) is 0.462. The minimum atomic E-state index is -0.129. The maximum atomic E-state index is 11.3. The lowest BCUT2D eigenvalue weighted by Crippen LogP contribution is -2.34. The molecule has 4 N–H and O–H groups in total. The molecule has 0 bridgehead atoms. The Bertz CT molecular complexity index is 495. The highest BCUT2D eigenvalue weighted by Gasteiger charge is 2.26. The molecular formula is C13H17N3O2. The lowest BCUT2D eigenvalue weighted by Gasteiger charge is -2.34. The highest BCUT2D eigenvalue weighted by molar-refractivity contribution is 5.97. The van der Waals surface area contributed by atoms with Crippen molar-refractivity contribution in [1.29, 1.82) is 0 Å². The van der Waals surface area contributed by atoms with E-state index in [1.54, 1.807) is 6.07 Å². The van der Waals surface area contributed by atoms with Crippen LogP contribution >= 0.6 is 0 Å². The molecule has 5 heteroatoms. The van der Waals surface area contributed by atoms with Crippen molar-refractivity contribution >= 4 is 23.0 Å². The van der Waals surface area contributed by atoms with Gasteiger partial charge in [0.15, 0.2) is 6.61 Å². The molecule has 96 valence electrons. The summed E-state index contributed by atoms with van der Waals surface area (Å²) in [5.41, 5.74) is 8.20. The van der Waals surface area contributed by atoms with Gasteiger partial charge in [0, 0.05) is 12.1 Å². The predicted octanol–water partition coefficient (Wildman–Crippen LogP) is 1.81. The SMILES string of the molecule is CC1CC(Nc2cc3c(cc2N)OCC(=O)N3)C1. The number of rotatable bonds is 2. The molecule has 1 fully saturated rings. The Hall–Kier alpha value is -1.91. The van der Waals surface area contributed by atoms with E-state index in [1.807, 2.05) is 6.07 Å². The second-order valence-electron chi connectivity index (χ2n) is 5.19. The molecule has 3 rings (SSSR count). The van der Waals surface area contributed by atoms with E-state index in [1.165, 1.54) is 12.8 Å². The van der Waals surface area contributed by atoms with Crippen LogP contribution in [-0.4, -0.2) is 18.6 Å². The number of benzene rings is 1. The van der Waals surface area contributed by atoms with Crippen molar-refractivity contribution in [2.75, 3.05) is 23.0 Å². The van der Waals surface area contributed by atoms with Crippen LogP contribution in [0.2, 0.25) is 0 Å². The molecule has 1 amide bonds. The van der Waals surface area contributed by atoms with Crippen molar-refractivity contribution < 1.29 is 9.53 Å². The van der Waals surface area contributed by atoms with E-state index in [2.05, 4.69) is 17.6 Å². The van der Waals surface area contributed by atoms with Gasteiger partial charge in [0.25, 0.3) is 5.91 Å². The first kappa shape index (κ1) is 11.2. The number of nitrogen functional groups attached to an aromatic ring is 1. The third-order valence-electron chi connectivity index (χ3n) is 3.52. The van der Waals surface area contributed by atoms with Crippen LogP contribution in [0.15, 0.2) is 12.1 Å². The van der Waals surface area contributed by atoms with Crippen molar-refractivity contribution in [3.63, 3.8) is 0 Å². The summed E-state index contributed by atoms with van der Waals surface area (Å²) in [5, 5.41) is 6.20. The maximum Gasteiger partial charge on any atom is 0.262 e. The summed E-state index contributed by atoms with van der Waals surface area (Å²) in [4.78, 5) is 11.3. The highest BCUT2D eigenvalue weighted by Crippen LogP contribution is 2.37. The van der Waals surface area contributed by atoms with Gasteiger partial charge in [-0.1, -0.05) is 6.92 Å². The van der Waals surface area contributed by atoms with Crippen LogP contribution < -0.4 is 21.1 Å². The molecule has 0 atom stereocenters. The molecule has 2 aliphatic rings. The first-order valence-electron chi connectivity index (χ1n) is 6.24. The number of hydrogen-bond acceptors (Lipinski definition) is 4. The molecule has 1 aliphatic heterocycles. The van der Waals surface area contributed by atoms with Gasteiger partial charge in [-0.2, -0.15) is 0 Å². The second-order valence-corrected chi connectivity index (χ2v) is 5.19. The number of amides is 1. The molecule has 18 heavy (non-hydrogen) atoms. The molecule has 1 aliphatic carbocycles. The predicted molar refractivity (Wildman–Crippen MR) is 70.8 cm³/mol. The molecule has 0 unspecified atom stereocenters. The molecule has 5 nitrogen and oxygen atoms in total. The number of anilines is 3. The maximum absolute atomic E-state index is 11.3. The standard InChI is InChI=1S/C13H17N3O2/c1-7-2-8(3-7)15-10-5-11-12(4-9(10)14)18-6-13(17)16-11/h4-5,7-8,15H,2-3,6,14H2,1H3,(H,16,17). The first-order valence-corrected chi connectivity index (χ1v) is 6.24. The summed E-state index contributed by atoms with van der Waals surface area (Å²) in [6.07, 6.45) is 2.33. The third kappa shape index (κ3) is 1.96. The van der Waals surface area contributed by atoms with Crippen molar-refractivity contribution in [2.45, 2.75) is 25.8 Å². The van der Waals surface area contributed by atoms with E-state index >= 15 is 0 Å². The normalized spacial score (nSPS) is 25.5. The van der Waals surface area contributed by atoms with Crippen LogP contribution in [0.1, 0.15) is 19.8 Å². The van der Waals surface area contributed by atoms with Gasteiger partial charge in [-0.05, 0) is 24.8 Å². The quantitative estimate of drug-likeness (QED) is 0.697. The zero-order valence-electron chi connectivity index (χ0n) is 10.3. The molecule has 1 aromatic rings. The lowest BCUT2D eigenvalue weighted by atomic mass is 9.82. The molecule has 1 aromatic carbocycles. The van der Waals surface area contributed by atoms with Crippen LogP contribution in [0.5, 0.6) is 5.75 Å². The monoisotopic (exact) mass is 247 g/mol. The van der Waals surface area contributed by atoms with E-state index in [-0.39, 0.29) is 12.5 Å². The van der Waals surface area contributed by atoms with Gasteiger partial charge < -0.3 is 21.1 Å². The van der Waals surface area contributed by atoms with Gasteiger partial charge in [-0.25, -0.2) is 0 Å². The molecule has 1 heterocycles. The fourth-order valence-electron chi connectivity index (χ4n) is 2.51. The summed E-state index contributed by atoms with van der Waals surface area (Å²) >= 11 is 0. The van der Waals surface area contributed by atoms with Crippen LogP contribution in [0.25, 0.3) is 0 Å². The second kappa shape index (κ2) is 4.08. The Balaban J connectivity index is 1.82. The Morgan fingerprint density at radius 3 is 2.94 bits per heavy atom. The van der Waals surface area contributed by atoms with Crippen LogP contribution in [0, 0.1) is 5.92 Å². The molecule has 0 radical (unpaired) electrons. The number of carbonyl (C=O) groups excluding carboxylic acids is 1. The number of nitrogens with two attached hydrogens (primary N) is 1. The van der Waals surface area contributed by atoms with Crippen molar-refractivity contribution in [2.24, 2.45) is 5.92 Å². The topological polar surface area (TPSA) is 76.4 Å². The van der Waals surface area contributed by atoms with E-state index < -0.39 is 0 Å². The smallest absolute Gasteiger partial charge is 0.262 e. The minimum Gasteiger partial charge on any atom is -0.482 e. The van der Waals surface area contributed by atoms with Crippen LogP contribution in [0.4, 0.5) is 17.1 Å². The number of nitrogens with one attached hydrogen (secondary N) is 2. The van der Waals surface area contributed by atoms with Crippen LogP contribution in [-0.2, 0) is 4.79 Å². The van der Waals surface area contributed by atoms with Gasteiger partial charge in [0.2, 0.25) is 0 Å². The van der Waals surface area contributed by atoms with E-state index in [0.29, 0.717) is 23.2 Å². The molecule has 0 spiro atoms. The van der Waals surface area contributed by atoms with Crippen molar-refractivity contribution in [1.82, 2.24) is 0 Å². The third-order valence-corrected chi connectivity index (χ3v) is 3.52. The van der Waals surface area contributed by atoms with Gasteiger partial charge in [-0.15, -0.1) is 0 Å². The fourth-order valence-corrected chi connectivity index (χ4v) is 2.51. The lowest BCUT2D eigenvalue weighted by molar-refractivity contribution is -0.118. The van der Waals surface area contributed by atoms with Gasteiger partial charge >= 0.3 is 0 Å². The van der Waals surface area contributed by atoms with Gasteiger partial charge in [0.05, 0.1) is 17.1 Å². The molecule has 0 aromatic heterocycles. The van der Waals surface area contributed by atoms with Gasteiger partial charge in [0.1, 0.15) is 5.75 Å². The van der Waals surface area contributed by atoms with Gasteiger partial charge in [-0.3, -0.25) is 4.79 Å². The van der Waals surface area contributed by atoms with E-state index in [4.69, 9.17) is 10.5 Å². The highest BCUT2D eigenvalue weighted by atomic mass is 16.5. The number of carbonyl (C=O) groups is 1. The summed E-state index contributed by atoms with van der Waals surface area (Å²) in [5.74, 6) is 1.29. The molecular weight excluding hydrogens is 230 g/mol. The Morgan fingerprint density at radius 1 is 1.44 bits per heavy atom. The van der Waals surface area contributed by atoms with Crippen LogP contribution in [0.3, 0.4) is 0 Å². The Morgan fingerprint density at radius 2 is 2.22 bits per heavy atom. The number of fused-ring (bicyclic) bond motifs is 1. The summed E-state index contributed by atoms with van der Waals surface area (Å²) in [7, 11) is 0. The van der Waals surface area contributed by atoms with Crippen molar-refractivity contribution in [3.05, 3.63) is 12.1 Å². The molecule has 1 saturated carbocycles. The summed E-state index contributed by atoms with van der Waals surface area (Å²) in [6.45, 7) is 2.29. The largest absolute Gasteiger partial charge is 0.482 e.